The van der Waals surface area contributed by atoms with Crippen molar-refractivity contribution in [2.24, 2.45) is 0 Å². The molecular weight excluding hydrogens is 362 g/mol. The minimum absolute atomic E-state index is 0.118. The average Bonchev–Trinajstić information content (AvgIpc) is 3.03. The van der Waals surface area contributed by atoms with E-state index in [-0.39, 0.29) is 11.8 Å². The third-order valence-electron chi connectivity index (χ3n) is 5.13. The number of rotatable bonds is 5. The van der Waals surface area contributed by atoms with Gasteiger partial charge in [0.2, 0.25) is 0 Å². The van der Waals surface area contributed by atoms with Gasteiger partial charge in [0.25, 0.3) is 11.8 Å². The molecular formula is C24H29N3O2. The van der Waals surface area contributed by atoms with E-state index in [9.17, 15) is 9.59 Å². The van der Waals surface area contributed by atoms with Gasteiger partial charge in [0, 0.05) is 38.4 Å². The van der Waals surface area contributed by atoms with Crippen molar-refractivity contribution in [2.75, 3.05) is 32.1 Å². The molecule has 2 amide bonds. The monoisotopic (exact) mass is 391 g/mol. The fourth-order valence-corrected chi connectivity index (χ4v) is 3.41. The van der Waals surface area contributed by atoms with Crippen molar-refractivity contribution >= 4 is 23.6 Å². The van der Waals surface area contributed by atoms with Gasteiger partial charge in [-0.15, -0.1) is 0 Å². The molecule has 1 fully saturated rings. The maximum atomic E-state index is 13.2. The summed E-state index contributed by atoms with van der Waals surface area (Å²) in [7, 11) is 3.97. The molecule has 5 heteroatoms. The van der Waals surface area contributed by atoms with E-state index in [4.69, 9.17) is 0 Å². The van der Waals surface area contributed by atoms with Crippen LogP contribution in [0.4, 0.5) is 5.69 Å². The molecule has 1 aliphatic heterocycles. The van der Waals surface area contributed by atoms with E-state index in [0.29, 0.717) is 11.3 Å². The van der Waals surface area contributed by atoms with Gasteiger partial charge in [-0.05, 0) is 48.7 Å². The molecule has 2 aromatic rings. The summed E-state index contributed by atoms with van der Waals surface area (Å²) < 4.78 is 0. The second-order valence-corrected chi connectivity index (χ2v) is 7.57. The van der Waals surface area contributed by atoms with Gasteiger partial charge < -0.3 is 15.1 Å². The molecule has 0 saturated carbocycles. The Kier molecular flexibility index (Phi) is 7.06. The lowest BCUT2D eigenvalue weighted by Gasteiger charge is -2.22. The van der Waals surface area contributed by atoms with E-state index in [1.54, 1.807) is 18.2 Å². The number of benzene rings is 2. The molecule has 5 nitrogen and oxygen atoms in total. The highest BCUT2D eigenvalue weighted by molar-refractivity contribution is 6.05. The molecule has 1 saturated heterocycles. The quantitative estimate of drug-likeness (QED) is 0.786. The summed E-state index contributed by atoms with van der Waals surface area (Å²) in [5.74, 6) is -0.391. The third-order valence-corrected chi connectivity index (χ3v) is 5.13. The fourth-order valence-electron chi connectivity index (χ4n) is 3.41. The van der Waals surface area contributed by atoms with Gasteiger partial charge >= 0.3 is 0 Å². The van der Waals surface area contributed by atoms with Crippen LogP contribution in [0.15, 0.2) is 60.3 Å². The molecule has 3 rings (SSSR count). The molecule has 0 spiro atoms. The number of nitrogens with zero attached hydrogens (tertiary/aromatic N) is 2. The number of nitrogens with one attached hydrogen (secondary N) is 1. The summed E-state index contributed by atoms with van der Waals surface area (Å²) in [5, 5.41) is 2.86. The zero-order chi connectivity index (χ0) is 20.6. The van der Waals surface area contributed by atoms with Crippen LogP contribution in [0.25, 0.3) is 6.08 Å². The number of anilines is 1. The summed E-state index contributed by atoms with van der Waals surface area (Å²) >= 11 is 0. The molecule has 152 valence electrons. The van der Waals surface area contributed by atoms with Crippen molar-refractivity contribution in [1.29, 1.82) is 0 Å². The Morgan fingerprint density at radius 2 is 1.52 bits per heavy atom. The number of hydrogen-bond donors (Lipinski definition) is 1. The number of carbonyl (C=O) groups excluding carboxylic acids is 2. The van der Waals surface area contributed by atoms with Gasteiger partial charge in [-0.2, -0.15) is 0 Å². The molecule has 1 heterocycles. The molecule has 1 N–H and O–H groups in total. The predicted octanol–water partition coefficient (Wildman–Crippen LogP) is 3.93. The lowest BCUT2D eigenvalue weighted by Crippen LogP contribution is -2.39. The Morgan fingerprint density at radius 1 is 0.897 bits per heavy atom. The first-order valence-corrected chi connectivity index (χ1v) is 10.2. The van der Waals surface area contributed by atoms with Crippen LogP contribution in [-0.4, -0.2) is 43.9 Å². The van der Waals surface area contributed by atoms with Crippen LogP contribution >= 0.6 is 0 Å². The van der Waals surface area contributed by atoms with Crippen LogP contribution < -0.4 is 10.2 Å². The molecule has 2 aromatic carbocycles. The van der Waals surface area contributed by atoms with E-state index in [2.05, 4.69) is 5.32 Å². The predicted molar refractivity (Wildman–Crippen MR) is 118 cm³/mol. The van der Waals surface area contributed by atoms with Crippen LogP contribution in [0.2, 0.25) is 0 Å². The lowest BCUT2D eigenvalue weighted by atomic mass is 10.1. The van der Waals surface area contributed by atoms with E-state index in [1.807, 2.05) is 66.4 Å². The van der Waals surface area contributed by atoms with Gasteiger partial charge in [-0.25, -0.2) is 0 Å². The maximum absolute atomic E-state index is 13.2. The standard InChI is InChI=1S/C24H29N3O2/c1-26(2)21-14-12-19(13-15-21)18-22(24(29)27-16-8-3-4-9-17-27)25-23(28)20-10-6-5-7-11-20/h5-7,10-15,18H,3-4,8-9,16-17H2,1-2H3,(H,25,28). The summed E-state index contributed by atoms with van der Waals surface area (Å²) in [5.41, 5.74) is 2.81. The van der Waals surface area contributed by atoms with E-state index in [1.165, 1.54) is 0 Å². The summed E-state index contributed by atoms with van der Waals surface area (Å²) in [4.78, 5) is 29.8. The smallest absolute Gasteiger partial charge is 0.270 e. The lowest BCUT2D eigenvalue weighted by molar-refractivity contribution is -0.127. The number of likely N-dealkylation sites (tertiary alicyclic amines) is 1. The highest BCUT2D eigenvalue weighted by atomic mass is 16.2. The fraction of sp³-hybridized carbons (Fsp3) is 0.333. The third kappa shape index (κ3) is 5.70. The number of carbonyl (C=O) groups is 2. The molecule has 0 bridgehead atoms. The normalized spacial score (nSPS) is 14.8. The first-order chi connectivity index (χ1) is 14.0. The Balaban J connectivity index is 1.87. The van der Waals surface area contributed by atoms with Crippen LogP contribution in [0.3, 0.4) is 0 Å². The van der Waals surface area contributed by atoms with Crippen molar-refractivity contribution in [3.63, 3.8) is 0 Å². The van der Waals surface area contributed by atoms with Crippen LogP contribution in [0, 0.1) is 0 Å². The van der Waals surface area contributed by atoms with E-state index in [0.717, 1.165) is 50.0 Å². The van der Waals surface area contributed by atoms with E-state index >= 15 is 0 Å². The van der Waals surface area contributed by atoms with Gasteiger partial charge in [0.05, 0.1) is 0 Å². The molecule has 29 heavy (non-hydrogen) atoms. The molecule has 0 radical (unpaired) electrons. The largest absolute Gasteiger partial charge is 0.378 e. The van der Waals surface area contributed by atoms with Crippen molar-refractivity contribution in [2.45, 2.75) is 25.7 Å². The van der Waals surface area contributed by atoms with Crippen LogP contribution in [0.1, 0.15) is 41.6 Å². The van der Waals surface area contributed by atoms with Crippen LogP contribution in [0.5, 0.6) is 0 Å². The molecule has 0 unspecified atom stereocenters. The van der Waals surface area contributed by atoms with Gasteiger partial charge in [-0.3, -0.25) is 9.59 Å². The first kappa shape index (κ1) is 20.6. The molecule has 0 atom stereocenters. The Morgan fingerprint density at radius 3 is 2.10 bits per heavy atom. The summed E-state index contributed by atoms with van der Waals surface area (Å²) in [6.07, 6.45) is 6.07. The second-order valence-electron chi connectivity index (χ2n) is 7.57. The maximum Gasteiger partial charge on any atom is 0.270 e. The summed E-state index contributed by atoms with van der Waals surface area (Å²) in [6, 6.07) is 16.9. The second kappa shape index (κ2) is 9.92. The zero-order valence-corrected chi connectivity index (χ0v) is 17.2. The minimum Gasteiger partial charge on any atom is -0.378 e. The topological polar surface area (TPSA) is 52.7 Å². The Labute approximate surface area is 173 Å². The van der Waals surface area contributed by atoms with Gasteiger partial charge in [0.15, 0.2) is 0 Å². The SMILES string of the molecule is CN(C)c1ccc(C=C(NC(=O)c2ccccc2)C(=O)N2CCCCCC2)cc1. The molecule has 0 aromatic heterocycles. The molecule has 0 aliphatic carbocycles. The number of hydrogen-bond acceptors (Lipinski definition) is 3. The number of amides is 2. The zero-order valence-electron chi connectivity index (χ0n) is 17.2. The van der Waals surface area contributed by atoms with Gasteiger partial charge in [-0.1, -0.05) is 43.2 Å². The Hall–Kier alpha value is -3.08. The van der Waals surface area contributed by atoms with Crippen molar-refractivity contribution < 1.29 is 9.59 Å². The average molecular weight is 392 g/mol. The first-order valence-electron chi connectivity index (χ1n) is 10.2. The van der Waals surface area contributed by atoms with Crippen molar-refractivity contribution in [1.82, 2.24) is 10.2 Å². The minimum atomic E-state index is -0.273. The van der Waals surface area contributed by atoms with Crippen LogP contribution in [-0.2, 0) is 4.79 Å². The van der Waals surface area contributed by atoms with Gasteiger partial charge in [0.1, 0.15) is 5.70 Å². The highest BCUT2D eigenvalue weighted by Crippen LogP contribution is 2.17. The van der Waals surface area contributed by atoms with Crippen molar-refractivity contribution in [3.8, 4) is 0 Å². The molecule has 1 aliphatic rings. The van der Waals surface area contributed by atoms with Crippen molar-refractivity contribution in [3.05, 3.63) is 71.4 Å². The summed E-state index contributed by atoms with van der Waals surface area (Å²) in [6.45, 7) is 1.47. The van der Waals surface area contributed by atoms with E-state index < -0.39 is 0 Å². The Bertz CT molecular complexity index is 849. The highest BCUT2D eigenvalue weighted by Gasteiger charge is 2.21.